The molecule has 0 bridgehead atoms. The van der Waals surface area contributed by atoms with Gasteiger partial charge in [0.1, 0.15) is 11.3 Å². The molecule has 2 aromatic rings. The summed E-state index contributed by atoms with van der Waals surface area (Å²) in [6.45, 7) is 3.34. The van der Waals surface area contributed by atoms with Crippen LogP contribution in [0.15, 0.2) is 30.5 Å². The molecule has 1 N–H and O–H groups in total. The molecule has 4 nitrogen and oxygen atoms in total. The summed E-state index contributed by atoms with van der Waals surface area (Å²) < 4.78 is 1.60. The van der Waals surface area contributed by atoms with Crippen LogP contribution in [-0.2, 0) is 5.60 Å². The molecule has 2 rings (SSSR count). The maximum Gasteiger partial charge on any atom is 0.114 e. The van der Waals surface area contributed by atoms with Gasteiger partial charge < -0.3 is 5.11 Å². The lowest BCUT2D eigenvalue weighted by molar-refractivity contribution is 0.0737. The largest absolute Gasteiger partial charge is 0.384 e. The van der Waals surface area contributed by atoms with Crippen molar-refractivity contribution in [3.05, 3.63) is 41.2 Å². The van der Waals surface area contributed by atoms with Crippen LogP contribution in [0.3, 0.4) is 0 Å². The molecule has 0 aliphatic heterocycles. The van der Waals surface area contributed by atoms with Crippen molar-refractivity contribution >= 4 is 11.6 Å². The van der Waals surface area contributed by atoms with Gasteiger partial charge in [0.2, 0.25) is 0 Å². The average Bonchev–Trinajstić information content (AvgIpc) is 2.67. The number of aliphatic hydroxyl groups is 1. The molecule has 0 spiro atoms. The quantitative estimate of drug-likeness (QED) is 0.871. The number of nitrogens with zero attached hydrogens (tertiary/aromatic N) is 3. The minimum absolute atomic E-state index is 0.530. The molecule has 0 aliphatic carbocycles. The van der Waals surface area contributed by atoms with E-state index in [4.69, 9.17) is 11.6 Å². The van der Waals surface area contributed by atoms with Crippen LogP contribution in [0.2, 0.25) is 5.02 Å². The van der Waals surface area contributed by atoms with Crippen molar-refractivity contribution in [3.8, 4) is 5.69 Å². The lowest BCUT2D eigenvalue weighted by Crippen LogP contribution is -2.15. The summed E-state index contributed by atoms with van der Waals surface area (Å²) >= 11 is 5.79. The smallest absolute Gasteiger partial charge is 0.114 e. The molecule has 1 aromatic carbocycles. The van der Waals surface area contributed by atoms with E-state index in [-0.39, 0.29) is 0 Å². The molecule has 0 aliphatic rings. The molecular weight excluding hydrogens is 226 g/mol. The summed E-state index contributed by atoms with van der Waals surface area (Å²) in [6, 6.07) is 7.24. The van der Waals surface area contributed by atoms with E-state index >= 15 is 0 Å². The first-order chi connectivity index (χ1) is 7.47. The Kier molecular flexibility index (Phi) is 2.69. The predicted molar refractivity (Wildman–Crippen MR) is 61.6 cm³/mol. The van der Waals surface area contributed by atoms with Crippen LogP contribution < -0.4 is 0 Å². The molecule has 0 amide bonds. The summed E-state index contributed by atoms with van der Waals surface area (Å²) in [5, 5.41) is 18.3. The summed E-state index contributed by atoms with van der Waals surface area (Å²) in [4.78, 5) is 0. The molecule has 0 fully saturated rings. The van der Waals surface area contributed by atoms with Crippen molar-refractivity contribution in [2.75, 3.05) is 0 Å². The molecule has 1 aromatic heterocycles. The summed E-state index contributed by atoms with van der Waals surface area (Å²) in [6.07, 6.45) is 1.70. The Morgan fingerprint density at radius 3 is 2.38 bits per heavy atom. The van der Waals surface area contributed by atoms with E-state index in [0.29, 0.717) is 10.7 Å². The van der Waals surface area contributed by atoms with E-state index < -0.39 is 5.60 Å². The Hall–Kier alpha value is -1.39. The van der Waals surface area contributed by atoms with E-state index in [1.54, 1.807) is 36.9 Å². The zero-order valence-electron chi connectivity index (χ0n) is 9.05. The van der Waals surface area contributed by atoms with Crippen LogP contribution in [0.25, 0.3) is 5.69 Å². The zero-order chi connectivity index (χ0) is 11.8. The van der Waals surface area contributed by atoms with Crippen LogP contribution >= 0.6 is 11.6 Å². The molecular formula is C11H12ClN3O. The van der Waals surface area contributed by atoms with Gasteiger partial charge in [-0.3, -0.25) is 0 Å². The minimum Gasteiger partial charge on any atom is -0.384 e. The van der Waals surface area contributed by atoms with Gasteiger partial charge in [-0.1, -0.05) is 16.8 Å². The SMILES string of the molecule is CC(C)(O)c1cn(-c2ccc(Cl)cc2)nn1. The molecule has 0 unspecified atom stereocenters. The van der Waals surface area contributed by atoms with Gasteiger partial charge in [-0.2, -0.15) is 0 Å². The number of benzene rings is 1. The first kappa shape index (κ1) is 11.1. The number of aromatic nitrogens is 3. The fraction of sp³-hybridized carbons (Fsp3) is 0.273. The minimum atomic E-state index is -0.981. The summed E-state index contributed by atoms with van der Waals surface area (Å²) in [5.41, 5.74) is 0.403. The first-order valence-corrected chi connectivity index (χ1v) is 5.26. The Labute approximate surface area is 98.5 Å². The van der Waals surface area contributed by atoms with Crippen molar-refractivity contribution in [1.82, 2.24) is 15.0 Å². The maximum absolute atomic E-state index is 9.76. The highest BCUT2D eigenvalue weighted by atomic mass is 35.5. The fourth-order valence-corrected chi connectivity index (χ4v) is 1.39. The van der Waals surface area contributed by atoms with E-state index in [1.807, 2.05) is 12.1 Å². The highest BCUT2D eigenvalue weighted by Crippen LogP contribution is 2.18. The lowest BCUT2D eigenvalue weighted by Gasteiger charge is -2.11. The Bertz CT molecular complexity index is 485. The summed E-state index contributed by atoms with van der Waals surface area (Å²) in [5.74, 6) is 0. The number of hydrogen-bond acceptors (Lipinski definition) is 3. The normalized spacial score (nSPS) is 11.8. The van der Waals surface area contributed by atoms with Gasteiger partial charge in [0.15, 0.2) is 0 Å². The van der Waals surface area contributed by atoms with E-state index in [9.17, 15) is 5.11 Å². The van der Waals surface area contributed by atoms with E-state index in [0.717, 1.165) is 5.69 Å². The van der Waals surface area contributed by atoms with Gasteiger partial charge >= 0.3 is 0 Å². The third-order valence-electron chi connectivity index (χ3n) is 2.21. The highest BCUT2D eigenvalue weighted by Gasteiger charge is 2.20. The van der Waals surface area contributed by atoms with Gasteiger partial charge in [-0.15, -0.1) is 5.10 Å². The predicted octanol–water partition coefficient (Wildman–Crippen LogP) is 2.15. The second kappa shape index (κ2) is 3.88. The Balaban J connectivity index is 2.35. The first-order valence-electron chi connectivity index (χ1n) is 4.88. The van der Waals surface area contributed by atoms with Gasteiger partial charge in [-0.05, 0) is 38.1 Å². The third kappa shape index (κ3) is 2.23. The van der Waals surface area contributed by atoms with Gasteiger partial charge in [0.05, 0.1) is 11.9 Å². The number of rotatable bonds is 2. The van der Waals surface area contributed by atoms with Gasteiger partial charge in [0, 0.05) is 5.02 Å². The highest BCUT2D eigenvalue weighted by molar-refractivity contribution is 6.30. The molecule has 16 heavy (non-hydrogen) atoms. The number of hydrogen-bond donors (Lipinski definition) is 1. The molecule has 0 saturated carbocycles. The van der Waals surface area contributed by atoms with E-state index in [1.165, 1.54) is 0 Å². The number of halogens is 1. The molecule has 0 saturated heterocycles. The standard InChI is InChI=1S/C11H12ClN3O/c1-11(2,16)10-7-15(14-13-10)9-5-3-8(12)4-6-9/h3-7,16H,1-2H3. The van der Waals surface area contributed by atoms with Crippen molar-refractivity contribution in [2.45, 2.75) is 19.4 Å². The zero-order valence-corrected chi connectivity index (χ0v) is 9.81. The van der Waals surface area contributed by atoms with Crippen LogP contribution in [0, 0.1) is 0 Å². The third-order valence-corrected chi connectivity index (χ3v) is 2.46. The average molecular weight is 238 g/mol. The van der Waals surface area contributed by atoms with Crippen molar-refractivity contribution in [1.29, 1.82) is 0 Å². The van der Waals surface area contributed by atoms with Crippen molar-refractivity contribution in [3.63, 3.8) is 0 Å². The maximum atomic E-state index is 9.76. The molecule has 84 valence electrons. The second-order valence-corrected chi connectivity index (χ2v) is 4.52. The summed E-state index contributed by atoms with van der Waals surface area (Å²) in [7, 11) is 0. The van der Waals surface area contributed by atoms with Crippen molar-refractivity contribution < 1.29 is 5.11 Å². The Morgan fingerprint density at radius 1 is 1.25 bits per heavy atom. The monoisotopic (exact) mass is 237 g/mol. The molecule has 0 atom stereocenters. The van der Waals surface area contributed by atoms with Crippen LogP contribution in [-0.4, -0.2) is 20.1 Å². The van der Waals surface area contributed by atoms with Crippen molar-refractivity contribution in [2.24, 2.45) is 0 Å². The Morgan fingerprint density at radius 2 is 1.88 bits per heavy atom. The van der Waals surface area contributed by atoms with Gasteiger partial charge in [0.25, 0.3) is 0 Å². The topological polar surface area (TPSA) is 50.9 Å². The second-order valence-electron chi connectivity index (χ2n) is 4.08. The van der Waals surface area contributed by atoms with Crippen LogP contribution in [0.1, 0.15) is 19.5 Å². The van der Waals surface area contributed by atoms with Crippen LogP contribution in [0.4, 0.5) is 0 Å². The molecule has 0 radical (unpaired) electrons. The lowest BCUT2D eigenvalue weighted by atomic mass is 10.1. The molecule has 1 heterocycles. The van der Waals surface area contributed by atoms with Crippen LogP contribution in [0.5, 0.6) is 0 Å². The fourth-order valence-electron chi connectivity index (χ4n) is 1.26. The molecule has 5 heteroatoms. The van der Waals surface area contributed by atoms with Gasteiger partial charge in [-0.25, -0.2) is 4.68 Å². The van der Waals surface area contributed by atoms with E-state index in [2.05, 4.69) is 10.3 Å².